The SMILES string of the molecule is C=CCn1c(S[C@H](C)C(=O)N[C@@H]2CCCC[C@@H]2C)nnc1-c1ccncc1. The van der Waals surface area contributed by atoms with E-state index in [1.54, 1.807) is 12.4 Å². The van der Waals surface area contributed by atoms with Crippen molar-refractivity contribution in [3.8, 4) is 11.4 Å². The van der Waals surface area contributed by atoms with Gasteiger partial charge in [-0.25, -0.2) is 0 Å². The monoisotopic (exact) mass is 385 g/mol. The van der Waals surface area contributed by atoms with E-state index >= 15 is 0 Å². The number of carbonyl (C=O) groups is 1. The van der Waals surface area contributed by atoms with Crippen LogP contribution in [0.3, 0.4) is 0 Å². The molecule has 1 N–H and O–H groups in total. The predicted molar refractivity (Wildman–Crippen MR) is 108 cm³/mol. The van der Waals surface area contributed by atoms with Gasteiger partial charge in [-0.2, -0.15) is 0 Å². The Morgan fingerprint density at radius 1 is 1.37 bits per heavy atom. The molecule has 7 heteroatoms. The van der Waals surface area contributed by atoms with E-state index in [1.807, 2.05) is 29.7 Å². The second-order valence-electron chi connectivity index (χ2n) is 7.08. The first-order chi connectivity index (χ1) is 13.1. The summed E-state index contributed by atoms with van der Waals surface area (Å²) >= 11 is 1.44. The number of nitrogens with one attached hydrogen (secondary N) is 1. The molecule has 0 radical (unpaired) electrons. The number of carbonyl (C=O) groups excluding carboxylic acids is 1. The average molecular weight is 386 g/mol. The summed E-state index contributed by atoms with van der Waals surface area (Å²) < 4.78 is 1.99. The van der Waals surface area contributed by atoms with Crippen LogP contribution in [0.1, 0.15) is 39.5 Å². The van der Waals surface area contributed by atoms with Crippen LogP contribution in [0.5, 0.6) is 0 Å². The smallest absolute Gasteiger partial charge is 0.233 e. The molecule has 0 saturated heterocycles. The van der Waals surface area contributed by atoms with Gasteiger partial charge in [0.1, 0.15) is 0 Å². The molecule has 3 rings (SSSR count). The zero-order chi connectivity index (χ0) is 19.2. The Morgan fingerprint density at radius 2 is 2.11 bits per heavy atom. The first-order valence-corrected chi connectivity index (χ1v) is 10.4. The van der Waals surface area contributed by atoms with Crippen LogP contribution in [0.25, 0.3) is 11.4 Å². The number of hydrogen-bond acceptors (Lipinski definition) is 5. The third-order valence-electron chi connectivity index (χ3n) is 5.06. The van der Waals surface area contributed by atoms with Crippen molar-refractivity contribution in [2.24, 2.45) is 5.92 Å². The quantitative estimate of drug-likeness (QED) is 0.581. The Kier molecular flexibility index (Phi) is 6.66. The molecule has 0 aliphatic heterocycles. The number of thioether (sulfide) groups is 1. The van der Waals surface area contributed by atoms with E-state index in [2.05, 4.69) is 34.0 Å². The molecule has 1 aliphatic carbocycles. The van der Waals surface area contributed by atoms with E-state index in [4.69, 9.17) is 0 Å². The first kappa shape index (κ1) is 19.6. The average Bonchev–Trinajstić information content (AvgIpc) is 3.07. The minimum atomic E-state index is -0.239. The molecular formula is C20H27N5OS. The Morgan fingerprint density at radius 3 is 2.81 bits per heavy atom. The van der Waals surface area contributed by atoms with Gasteiger partial charge in [-0.3, -0.25) is 14.3 Å². The van der Waals surface area contributed by atoms with Crippen molar-refractivity contribution in [2.75, 3.05) is 0 Å². The second kappa shape index (κ2) is 9.17. The fourth-order valence-corrected chi connectivity index (χ4v) is 4.29. The lowest BCUT2D eigenvalue weighted by atomic mass is 9.86. The number of allylic oxidation sites excluding steroid dienone is 1. The molecule has 27 heavy (non-hydrogen) atoms. The molecule has 1 saturated carbocycles. The molecule has 6 nitrogen and oxygen atoms in total. The van der Waals surface area contributed by atoms with Crippen LogP contribution in [0.4, 0.5) is 0 Å². The number of amides is 1. The molecule has 0 unspecified atom stereocenters. The predicted octanol–water partition coefficient (Wildman–Crippen LogP) is 3.70. The normalized spacial score (nSPS) is 20.8. The summed E-state index contributed by atoms with van der Waals surface area (Å²) in [5.41, 5.74) is 0.944. The lowest BCUT2D eigenvalue weighted by molar-refractivity contribution is -0.121. The lowest BCUT2D eigenvalue weighted by Crippen LogP contribution is -2.44. The van der Waals surface area contributed by atoms with Gasteiger partial charge >= 0.3 is 0 Å². The van der Waals surface area contributed by atoms with Crippen molar-refractivity contribution in [2.45, 2.75) is 62.5 Å². The van der Waals surface area contributed by atoms with Gasteiger partial charge in [-0.05, 0) is 37.8 Å². The Hall–Kier alpha value is -2.15. The van der Waals surface area contributed by atoms with Crippen molar-refractivity contribution in [3.63, 3.8) is 0 Å². The molecule has 2 aromatic heterocycles. The van der Waals surface area contributed by atoms with Crippen LogP contribution < -0.4 is 5.32 Å². The van der Waals surface area contributed by atoms with Gasteiger partial charge in [0.2, 0.25) is 5.91 Å². The van der Waals surface area contributed by atoms with Gasteiger partial charge in [-0.15, -0.1) is 16.8 Å². The molecule has 2 heterocycles. The van der Waals surface area contributed by atoms with Crippen LogP contribution in [-0.2, 0) is 11.3 Å². The van der Waals surface area contributed by atoms with Crippen molar-refractivity contribution in [1.29, 1.82) is 0 Å². The van der Waals surface area contributed by atoms with Crippen molar-refractivity contribution >= 4 is 17.7 Å². The van der Waals surface area contributed by atoms with Crippen LogP contribution >= 0.6 is 11.8 Å². The minimum Gasteiger partial charge on any atom is -0.352 e. The van der Waals surface area contributed by atoms with Gasteiger partial charge in [0.25, 0.3) is 0 Å². The molecule has 0 spiro atoms. The molecule has 144 valence electrons. The van der Waals surface area contributed by atoms with Gasteiger partial charge in [0.15, 0.2) is 11.0 Å². The van der Waals surface area contributed by atoms with Gasteiger partial charge in [0, 0.05) is 30.5 Å². The highest BCUT2D eigenvalue weighted by Crippen LogP contribution is 2.28. The van der Waals surface area contributed by atoms with Gasteiger partial charge < -0.3 is 5.32 Å². The zero-order valence-electron chi connectivity index (χ0n) is 16.0. The van der Waals surface area contributed by atoms with Crippen LogP contribution in [0.15, 0.2) is 42.3 Å². The molecule has 2 aromatic rings. The van der Waals surface area contributed by atoms with E-state index in [9.17, 15) is 4.79 Å². The standard InChI is InChI=1S/C20H27N5OS/c1-4-13-25-18(16-9-11-21-12-10-16)23-24-20(25)27-15(3)19(26)22-17-8-6-5-7-14(17)2/h4,9-12,14-15,17H,1,5-8,13H2,2-3H3,(H,22,26)/t14-,15+,17+/m0/s1. The molecule has 1 amide bonds. The summed E-state index contributed by atoms with van der Waals surface area (Å²) in [6, 6.07) is 4.09. The van der Waals surface area contributed by atoms with Crippen LogP contribution in [0, 0.1) is 5.92 Å². The summed E-state index contributed by atoms with van der Waals surface area (Å²) in [5, 5.41) is 12.4. The Bertz CT molecular complexity index is 776. The van der Waals surface area contributed by atoms with E-state index < -0.39 is 0 Å². The first-order valence-electron chi connectivity index (χ1n) is 9.51. The van der Waals surface area contributed by atoms with Gasteiger partial charge in [0.05, 0.1) is 5.25 Å². The van der Waals surface area contributed by atoms with E-state index in [0.717, 1.165) is 23.0 Å². The maximum atomic E-state index is 12.7. The van der Waals surface area contributed by atoms with Crippen molar-refractivity contribution < 1.29 is 4.79 Å². The fraction of sp³-hybridized carbons (Fsp3) is 0.500. The largest absolute Gasteiger partial charge is 0.352 e. The number of aromatic nitrogens is 4. The summed E-state index contributed by atoms with van der Waals surface area (Å²) in [5.74, 6) is 1.37. The zero-order valence-corrected chi connectivity index (χ0v) is 16.8. The number of hydrogen-bond donors (Lipinski definition) is 1. The number of nitrogens with zero attached hydrogens (tertiary/aromatic N) is 4. The fourth-order valence-electron chi connectivity index (χ4n) is 3.43. The highest BCUT2D eigenvalue weighted by Gasteiger charge is 2.26. The molecule has 1 aliphatic rings. The molecule has 3 atom stereocenters. The highest BCUT2D eigenvalue weighted by atomic mass is 32.2. The number of rotatable bonds is 7. The van der Waals surface area contributed by atoms with E-state index in [-0.39, 0.29) is 17.2 Å². The third-order valence-corrected chi connectivity index (χ3v) is 6.14. The highest BCUT2D eigenvalue weighted by molar-refractivity contribution is 8.00. The summed E-state index contributed by atoms with van der Waals surface area (Å²) in [6.45, 7) is 8.57. The summed E-state index contributed by atoms with van der Waals surface area (Å²) in [7, 11) is 0. The second-order valence-corrected chi connectivity index (χ2v) is 8.39. The van der Waals surface area contributed by atoms with E-state index in [0.29, 0.717) is 12.5 Å². The molecule has 1 fully saturated rings. The lowest BCUT2D eigenvalue weighted by Gasteiger charge is -2.30. The molecule has 0 bridgehead atoms. The summed E-state index contributed by atoms with van der Waals surface area (Å²) in [4.78, 5) is 16.7. The summed E-state index contributed by atoms with van der Waals surface area (Å²) in [6.07, 6.45) is 10.00. The Balaban J connectivity index is 1.71. The van der Waals surface area contributed by atoms with Gasteiger partial charge in [-0.1, -0.05) is 37.6 Å². The minimum absolute atomic E-state index is 0.0670. The van der Waals surface area contributed by atoms with Crippen molar-refractivity contribution in [3.05, 3.63) is 37.2 Å². The van der Waals surface area contributed by atoms with Crippen LogP contribution in [0.2, 0.25) is 0 Å². The number of pyridine rings is 1. The molecule has 0 aromatic carbocycles. The Labute approximate surface area is 164 Å². The van der Waals surface area contributed by atoms with Crippen LogP contribution in [-0.4, -0.2) is 36.9 Å². The van der Waals surface area contributed by atoms with E-state index in [1.165, 1.54) is 31.0 Å². The third kappa shape index (κ3) is 4.77. The molecular weight excluding hydrogens is 358 g/mol. The topological polar surface area (TPSA) is 72.7 Å². The van der Waals surface area contributed by atoms with Crippen molar-refractivity contribution in [1.82, 2.24) is 25.1 Å². The maximum Gasteiger partial charge on any atom is 0.233 e. The maximum absolute atomic E-state index is 12.7.